The van der Waals surface area contributed by atoms with E-state index in [0.717, 1.165) is 0 Å². The summed E-state index contributed by atoms with van der Waals surface area (Å²) in [5.41, 5.74) is -0.340. The van der Waals surface area contributed by atoms with Crippen LogP contribution < -0.4 is 5.32 Å². The first kappa shape index (κ1) is 14.1. The first-order valence-corrected chi connectivity index (χ1v) is 5.59. The molecule has 0 spiro atoms. The molecule has 0 aliphatic carbocycles. The van der Waals surface area contributed by atoms with Crippen molar-refractivity contribution in [1.82, 2.24) is 0 Å². The zero-order valence-corrected chi connectivity index (χ0v) is 11.1. The molecule has 0 saturated heterocycles. The Kier molecular flexibility index (Phi) is 4.22. The lowest BCUT2D eigenvalue weighted by atomic mass is 10.2. The monoisotopic (exact) mass is 279 g/mol. The number of hydrogen-bond donors (Lipinski definition) is 1. The third kappa shape index (κ3) is 4.40. The first-order valence-electron chi connectivity index (χ1n) is 4.83. The third-order valence-corrected chi connectivity index (χ3v) is 2.18. The highest BCUT2D eigenvalue weighted by atomic mass is 35.5. The number of nitrogens with one attached hydrogen (secondary N) is 1. The minimum atomic E-state index is -0.719. The summed E-state index contributed by atoms with van der Waals surface area (Å²) in [5, 5.41) is 2.08. The van der Waals surface area contributed by atoms with Crippen LogP contribution in [0.15, 0.2) is 12.1 Å². The van der Waals surface area contributed by atoms with Crippen LogP contribution in [0.5, 0.6) is 0 Å². The van der Waals surface area contributed by atoms with E-state index in [1.54, 1.807) is 20.8 Å². The molecular weight excluding hydrogens is 268 g/mol. The number of rotatable bonds is 1. The van der Waals surface area contributed by atoms with Crippen molar-refractivity contribution in [2.45, 2.75) is 26.4 Å². The standard InChI is InChI=1S/C11H12Cl2FNO2/c1-11(2,3)17-10(16)15-6-4-7(12)9(14)8(13)5-6/h4-5H,1-3H3,(H,15,16). The third-order valence-electron chi connectivity index (χ3n) is 1.63. The number of anilines is 1. The largest absolute Gasteiger partial charge is 0.444 e. The second-order valence-corrected chi connectivity index (χ2v) is 5.20. The van der Waals surface area contributed by atoms with Crippen molar-refractivity contribution >= 4 is 35.0 Å². The van der Waals surface area contributed by atoms with Crippen LogP contribution in [0.4, 0.5) is 14.9 Å². The average Bonchev–Trinajstić information content (AvgIpc) is 2.10. The summed E-state index contributed by atoms with van der Waals surface area (Å²) in [4.78, 5) is 11.4. The molecule has 6 heteroatoms. The number of carbonyl (C=O) groups excluding carboxylic acids is 1. The van der Waals surface area contributed by atoms with Crippen LogP contribution in [0.2, 0.25) is 10.0 Å². The van der Waals surface area contributed by atoms with Gasteiger partial charge in [0.05, 0.1) is 10.0 Å². The van der Waals surface area contributed by atoms with E-state index >= 15 is 0 Å². The molecule has 0 saturated carbocycles. The molecule has 0 atom stereocenters. The maximum Gasteiger partial charge on any atom is 0.412 e. The lowest BCUT2D eigenvalue weighted by Gasteiger charge is -2.19. The van der Waals surface area contributed by atoms with E-state index in [4.69, 9.17) is 27.9 Å². The van der Waals surface area contributed by atoms with Crippen molar-refractivity contribution in [1.29, 1.82) is 0 Å². The van der Waals surface area contributed by atoms with Crippen molar-refractivity contribution < 1.29 is 13.9 Å². The van der Waals surface area contributed by atoms with Gasteiger partial charge in [-0.25, -0.2) is 9.18 Å². The van der Waals surface area contributed by atoms with E-state index in [9.17, 15) is 9.18 Å². The Bertz CT molecular complexity index is 421. The lowest BCUT2D eigenvalue weighted by molar-refractivity contribution is 0.0636. The summed E-state index contributed by atoms with van der Waals surface area (Å²) < 4.78 is 18.1. The smallest absolute Gasteiger partial charge is 0.412 e. The Labute approximate surface area is 109 Å². The number of hydrogen-bond acceptors (Lipinski definition) is 2. The number of amides is 1. The Morgan fingerprint density at radius 2 is 1.76 bits per heavy atom. The molecule has 1 N–H and O–H groups in total. The quantitative estimate of drug-likeness (QED) is 0.770. The van der Waals surface area contributed by atoms with Gasteiger partial charge in [-0.15, -0.1) is 0 Å². The van der Waals surface area contributed by atoms with Gasteiger partial charge in [0.25, 0.3) is 0 Å². The molecule has 0 radical (unpaired) electrons. The Hall–Kier alpha value is -1.00. The van der Waals surface area contributed by atoms with Gasteiger partial charge in [-0.1, -0.05) is 23.2 Å². The van der Waals surface area contributed by atoms with Gasteiger partial charge in [-0.05, 0) is 32.9 Å². The summed E-state index contributed by atoms with van der Waals surface area (Å²) in [5.74, 6) is -0.719. The number of benzene rings is 1. The molecule has 0 bridgehead atoms. The van der Waals surface area contributed by atoms with Crippen molar-refractivity contribution in [3.8, 4) is 0 Å². The predicted octanol–water partition coefficient (Wildman–Crippen LogP) is 4.48. The summed E-state index contributed by atoms with van der Waals surface area (Å²) in [6.45, 7) is 5.20. The van der Waals surface area contributed by atoms with E-state index in [1.807, 2.05) is 0 Å². The molecule has 1 aromatic carbocycles. The highest BCUT2D eigenvalue weighted by molar-refractivity contribution is 6.35. The highest BCUT2D eigenvalue weighted by Crippen LogP contribution is 2.27. The van der Waals surface area contributed by atoms with Gasteiger partial charge in [0.1, 0.15) is 5.60 Å². The minimum absolute atomic E-state index is 0.163. The first-order chi connectivity index (χ1) is 7.69. The van der Waals surface area contributed by atoms with E-state index < -0.39 is 17.5 Å². The van der Waals surface area contributed by atoms with Crippen molar-refractivity contribution in [2.24, 2.45) is 0 Å². The summed E-state index contributed by atoms with van der Waals surface area (Å²) >= 11 is 11.2. The van der Waals surface area contributed by atoms with Crippen LogP contribution in [-0.2, 0) is 4.74 Å². The van der Waals surface area contributed by atoms with Gasteiger partial charge >= 0.3 is 6.09 Å². The maximum absolute atomic E-state index is 13.1. The molecule has 0 heterocycles. The SMILES string of the molecule is CC(C)(C)OC(=O)Nc1cc(Cl)c(F)c(Cl)c1. The van der Waals surface area contributed by atoms with Crippen LogP contribution in [0.1, 0.15) is 20.8 Å². The Morgan fingerprint density at radius 3 is 2.18 bits per heavy atom. The van der Waals surface area contributed by atoms with Gasteiger partial charge in [-0.3, -0.25) is 5.32 Å². The second kappa shape index (κ2) is 5.10. The molecule has 17 heavy (non-hydrogen) atoms. The molecule has 3 nitrogen and oxygen atoms in total. The van der Waals surface area contributed by atoms with E-state index in [1.165, 1.54) is 12.1 Å². The molecule has 94 valence electrons. The molecule has 0 aliphatic rings. The van der Waals surface area contributed by atoms with Gasteiger partial charge in [0, 0.05) is 5.69 Å². The molecule has 0 unspecified atom stereocenters. The van der Waals surface area contributed by atoms with Crippen molar-refractivity contribution in [3.05, 3.63) is 28.0 Å². The van der Waals surface area contributed by atoms with E-state index in [0.29, 0.717) is 0 Å². The summed E-state index contributed by atoms with van der Waals surface area (Å²) in [6.07, 6.45) is -0.656. The summed E-state index contributed by atoms with van der Waals surface area (Å²) in [6, 6.07) is 2.51. The van der Waals surface area contributed by atoms with Gasteiger partial charge < -0.3 is 4.74 Å². The molecular formula is C11H12Cl2FNO2. The predicted molar refractivity (Wildman–Crippen MR) is 66.3 cm³/mol. The summed E-state index contributed by atoms with van der Waals surface area (Å²) in [7, 11) is 0. The van der Waals surface area contributed by atoms with Crippen molar-refractivity contribution in [2.75, 3.05) is 5.32 Å². The number of halogens is 3. The van der Waals surface area contributed by atoms with Gasteiger partial charge in [0.2, 0.25) is 0 Å². The normalized spacial score (nSPS) is 11.2. The fraction of sp³-hybridized carbons (Fsp3) is 0.364. The molecule has 1 amide bonds. The minimum Gasteiger partial charge on any atom is -0.444 e. The molecule has 1 rings (SSSR count). The zero-order chi connectivity index (χ0) is 13.2. The van der Waals surface area contributed by atoms with Crippen LogP contribution in [0.3, 0.4) is 0 Å². The average molecular weight is 280 g/mol. The van der Waals surface area contributed by atoms with E-state index in [2.05, 4.69) is 5.32 Å². The van der Waals surface area contributed by atoms with E-state index in [-0.39, 0.29) is 15.7 Å². The molecule has 0 fully saturated rings. The lowest BCUT2D eigenvalue weighted by Crippen LogP contribution is -2.27. The fourth-order valence-corrected chi connectivity index (χ4v) is 1.54. The zero-order valence-electron chi connectivity index (χ0n) is 9.61. The Morgan fingerprint density at radius 1 is 1.29 bits per heavy atom. The molecule has 1 aromatic rings. The number of ether oxygens (including phenoxy) is 1. The Balaban J connectivity index is 2.79. The van der Waals surface area contributed by atoms with Gasteiger partial charge in [-0.2, -0.15) is 0 Å². The molecule has 0 aromatic heterocycles. The van der Waals surface area contributed by atoms with Crippen molar-refractivity contribution in [3.63, 3.8) is 0 Å². The fourth-order valence-electron chi connectivity index (χ4n) is 1.05. The number of carbonyl (C=O) groups is 1. The maximum atomic E-state index is 13.1. The highest BCUT2D eigenvalue weighted by Gasteiger charge is 2.17. The van der Waals surface area contributed by atoms with Crippen LogP contribution in [0, 0.1) is 5.82 Å². The second-order valence-electron chi connectivity index (χ2n) is 4.38. The van der Waals surface area contributed by atoms with Crippen LogP contribution in [-0.4, -0.2) is 11.7 Å². The van der Waals surface area contributed by atoms with Crippen LogP contribution in [0.25, 0.3) is 0 Å². The molecule has 0 aliphatic heterocycles. The van der Waals surface area contributed by atoms with Crippen LogP contribution >= 0.6 is 23.2 Å². The van der Waals surface area contributed by atoms with Gasteiger partial charge in [0.15, 0.2) is 5.82 Å². The topological polar surface area (TPSA) is 38.3 Å².